The molecule has 0 aliphatic heterocycles. The fourth-order valence-electron chi connectivity index (χ4n) is 0.385. The largest absolute Gasteiger partial charge is 0.457 e. The van der Waals surface area contributed by atoms with Gasteiger partial charge in [0.15, 0.2) is 5.78 Å². The van der Waals surface area contributed by atoms with Crippen molar-refractivity contribution < 1.29 is 14.3 Å². The summed E-state index contributed by atoms with van der Waals surface area (Å²) in [4.78, 5) is 21.3. The fourth-order valence-corrected chi connectivity index (χ4v) is 0.385. The van der Waals surface area contributed by atoms with E-state index in [1.54, 1.807) is 6.92 Å². The number of nitrogens with two attached hydrogens (primary N) is 1. The summed E-state index contributed by atoms with van der Waals surface area (Å²) >= 11 is 0. The van der Waals surface area contributed by atoms with Crippen LogP contribution in [-0.2, 0) is 14.3 Å². The number of hydrogen-bond acceptors (Lipinski definition) is 4. The molecule has 4 heteroatoms. The van der Waals surface area contributed by atoms with Crippen molar-refractivity contribution in [3.8, 4) is 0 Å². The number of ether oxygens (including phenoxy) is 1. The Morgan fingerprint density at radius 1 is 1.55 bits per heavy atom. The maximum absolute atomic E-state index is 10.7. The summed E-state index contributed by atoms with van der Waals surface area (Å²) in [6.07, 6.45) is 0.381. The van der Waals surface area contributed by atoms with Gasteiger partial charge < -0.3 is 10.5 Å². The van der Waals surface area contributed by atoms with E-state index in [9.17, 15) is 9.59 Å². The summed E-state index contributed by atoms with van der Waals surface area (Å²) in [7, 11) is 0. The Morgan fingerprint density at radius 2 is 2.09 bits per heavy atom. The minimum absolute atomic E-state index is 0.0981. The maximum Gasteiger partial charge on any atom is 0.323 e. The second-order valence-electron chi connectivity index (χ2n) is 2.29. The summed E-state index contributed by atoms with van der Waals surface area (Å²) in [5.41, 5.74) is 5.18. The SMILES string of the molecule is CCC(=O)COC(=O)[C@H](C)N. The van der Waals surface area contributed by atoms with Gasteiger partial charge in [0.05, 0.1) is 0 Å². The second kappa shape index (κ2) is 4.85. The summed E-state index contributed by atoms with van der Waals surface area (Å²) in [6, 6.07) is -0.653. The third kappa shape index (κ3) is 4.50. The van der Waals surface area contributed by atoms with Crippen LogP contribution in [0.15, 0.2) is 0 Å². The zero-order valence-corrected chi connectivity index (χ0v) is 6.79. The van der Waals surface area contributed by atoms with Crippen LogP contribution in [0.25, 0.3) is 0 Å². The third-order valence-corrected chi connectivity index (χ3v) is 1.14. The highest BCUT2D eigenvalue weighted by Crippen LogP contribution is 1.87. The molecule has 0 aliphatic rings. The Bertz CT molecular complexity index is 154. The predicted octanol–water partition coefficient (Wildman–Crippen LogP) is -0.144. The van der Waals surface area contributed by atoms with E-state index in [2.05, 4.69) is 4.74 Å². The standard InChI is InChI=1S/C7H13NO3/c1-3-6(9)4-11-7(10)5(2)8/h5H,3-4,8H2,1-2H3/t5-/m0/s1. The summed E-state index contributed by atoms with van der Waals surface area (Å²) in [5, 5.41) is 0. The zero-order valence-electron chi connectivity index (χ0n) is 6.79. The number of carbonyl (C=O) groups excluding carboxylic acids is 2. The molecule has 0 aliphatic carbocycles. The lowest BCUT2D eigenvalue weighted by atomic mass is 10.3. The lowest BCUT2D eigenvalue weighted by Crippen LogP contribution is -2.30. The lowest BCUT2D eigenvalue weighted by Gasteiger charge is -2.04. The molecule has 2 N–H and O–H groups in total. The van der Waals surface area contributed by atoms with Crippen LogP contribution < -0.4 is 5.73 Å². The van der Waals surface area contributed by atoms with Crippen molar-refractivity contribution in [3.05, 3.63) is 0 Å². The van der Waals surface area contributed by atoms with Gasteiger partial charge in [0.25, 0.3) is 0 Å². The summed E-state index contributed by atoms with van der Waals surface area (Å²) in [6.45, 7) is 3.07. The topological polar surface area (TPSA) is 69.4 Å². The van der Waals surface area contributed by atoms with E-state index < -0.39 is 12.0 Å². The number of hydrogen-bond donors (Lipinski definition) is 1. The first-order chi connectivity index (χ1) is 5.07. The number of carbonyl (C=O) groups is 2. The molecule has 0 aromatic heterocycles. The highest BCUT2D eigenvalue weighted by molar-refractivity contribution is 5.83. The molecule has 0 aromatic rings. The van der Waals surface area contributed by atoms with Crippen molar-refractivity contribution in [3.63, 3.8) is 0 Å². The molecule has 1 atom stereocenters. The zero-order chi connectivity index (χ0) is 8.85. The monoisotopic (exact) mass is 159 g/mol. The molecule has 0 fully saturated rings. The van der Waals surface area contributed by atoms with Crippen molar-refractivity contribution in [1.82, 2.24) is 0 Å². The average molecular weight is 159 g/mol. The maximum atomic E-state index is 10.7. The number of esters is 1. The third-order valence-electron chi connectivity index (χ3n) is 1.14. The first-order valence-corrected chi connectivity index (χ1v) is 3.51. The minimum Gasteiger partial charge on any atom is -0.457 e. The quantitative estimate of drug-likeness (QED) is 0.579. The fraction of sp³-hybridized carbons (Fsp3) is 0.714. The van der Waals surface area contributed by atoms with Crippen molar-refractivity contribution >= 4 is 11.8 Å². The van der Waals surface area contributed by atoms with E-state index in [-0.39, 0.29) is 12.4 Å². The van der Waals surface area contributed by atoms with Crippen LogP contribution in [0.1, 0.15) is 20.3 Å². The van der Waals surface area contributed by atoms with E-state index in [4.69, 9.17) is 5.73 Å². The number of rotatable bonds is 4. The Morgan fingerprint density at radius 3 is 2.45 bits per heavy atom. The van der Waals surface area contributed by atoms with Gasteiger partial charge in [-0.1, -0.05) is 6.92 Å². The molecule has 11 heavy (non-hydrogen) atoms. The molecule has 0 spiro atoms. The van der Waals surface area contributed by atoms with Crippen molar-refractivity contribution in [2.75, 3.05) is 6.61 Å². The van der Waals surface area contributed by atoms with E-state index in [1.165, 1.54) is 6.92 Å². The normalized spacial score (nSPS) is 12.3. The van der Waals surface area contributed by atoms with Gasteiger partial charge in [0.1, 0.15) is 12.6 Å². The van der Waals surface area contributed by atoms with Crippen molar-refractivity contribution in [2.24, 2.45) is 5.73 Å². The molecule has 0 radical (unpaired) electrons. The molecular weight excluding hydrogens is 146 g/mol. The number of Topliss-reactive ketones (excluding diaryl/α,β-unsaturated/α-hetero) is 1. The molecule has 0 saturated carbocycles. The molecule has 0 heterocycles. The summed E-state index contributed by atoms with van der Waals surface area (Å²) in [5.74, 6) is -0.634. The first kappa shape index (κ1) is 10.1. The van der Waals surface area contributed by atoms with Crippen LogP contribution in [0.5, 0.6) is 0 Å². The van der Waals surface area contributed by atoms with Crippen LogP contribution in [0, 0.1) is 0 Å². The molecule has 0 rings (SSSR count). The van der Waals surface area contributed by atoms with Crippen molar-refractivity contribution in [1.29, 1.82) is 0 Å². The van der Waals surface area contributed by atoms with Gasteiger partial charge >= 0.3 is 5.97 Å². The predicted molar refractivity (Wildman–Crippen MR) is 39.9 cm³/mol. The van der Waals surface area contributed by atoms with Gasteiger partial charge in [0, 0.05) is 6.42 Å². The molecule has 0 aromatic carbocycles. The van der Waals surface area contributed by atoms with Gasteiger partial charge in [-0.3, -0.25) is 9.59 Å². The van der Waals surface area contributed by atoms with Crippen LogP contribution in [0.2, 0.25) is 0 Å². The Labute approximate surface area is 65.7 Å². The molecule has 0 amide bonds. The Kier molecular flexibility index (Phi) is 4.45. The van der Waals surface area contributed by atoms with Crippen LogP contribution in [0.3, 0.4) is 0 Å². The minimum atomic E-state index is -0.653. The van der Waals surface area contributed by atoms with Crippen LogP contribution >= 0.6 is 0 Å². The van der Waals surface area contributed by atoms with Crippen molar-refractivity contribution in [2.45, 2.75) is 26.3 Å². The summed E-state index contributed by atoms with van der Waals surface area (Å²) < 4.78 is 4.54. The van der Waals surface area contributed by atoms with E-state index >= 15 is 0 Å². The Hall–Kier alpha value is -0.900. The van der Waals surface area contributed by atoms with Gasteiger partial charge in [-0.25, -0.2) is 0 Å². The smallest absolute Gasteiger partial charge is 0.323 e. The van der Waals surface area contributed by atoms with Crippen LogP contribution in [-0.4, -0.2) is 24.4 Å². The molecule has 0 saturated heterocycles. The molecule has 0 bridgehead atoms. The number of ketones is 1. The highest BCUT2D eigenvalue weighted by Gasteiger charge is 2.09. The molecule has 4 nitrogen and oxygen atoms in total. The lowest BCUT2D eigenvalue weighted by molar-refractivity contribution is -0.148. The first-order valence-electron chi connectivity index (χ1n) is 3.51. The van der Waals surface area contributed by atoms with Gasteiger partial charge in [-0.2, -0.15) is 0 Å². The van der Waals surface area contributed by atoms with Gasteiger partial charge in [-0.05, 0) is 6.92 Å². The molecular formula is C7H13NO3. The van der Waals surface area contributed by atoms with Gasteiger partial charge in [-0.15, -0.1) is 0 Å². The Balaban J connectivity index is 3.54. The highest BCUT2D eigenvalue weighted by atomic mass is 16.5. The van der Waals surface area contributed by atoms with Gasteiger partial charge in [0.2, 0.25) is 0 Å². The molecule has 0 unspecified atom stereocenters. The molecule has 64 valence electrons. The van der Waals surface area contributed by atoms with E-state index in [0.717, 1.165) is 0 Å². The average Bonchev–Trinajstić information content (AvgIpc) is 1.99. The second-order valence-corrected chi connectivity index (χ2v) is 2.29. The van der Waals surface area contributed by atoms with E-state index in [0.29, 0.717) is 6.42 Å². The van der Waals surface area contributed by atoms with E-state index in [1.807, 2.05) is 0 Å². The van der Waals surface area contributed by atoms with Crippen LogP contribution in [0.4, 0.5) is 0 Å².